The van der Waals surface area contributed by atoms with Crippen molar-refractivity contribution in [1.82, 2.24) is 24.3 Å². The molecule has 2 aromatic rings. The predicted molar refractivity (Wildman–Crippen MR) is 70.3 cm³/mol. The maximum absolute atomic E-state index is 4.31. The zero-order valence-corrected chi connectivity index (χ0v) is 11.0. The first-order valence-electron chi connectivity index (χ1n) is 6.39. The normalized spacial score (nSPS) is 10.8. The van der Waals surface area contributed by atoms with Crippen molar-refractivity contribution in [3.05, 3.63) is 24.5 Å². The molecule has 98 valence electrons. The quantitative estimate of drug-likeness (QED) is 0.754. The minimum atomic E-state index is 0.819. The maximum Gasteiger partial charge on any atom is 0.202 e. The summed E-state index contributed by atoms with van der Waals surface area (Å²) in [6.07, 6.45) is 8.70. The van der Waals surface area contributed by atoms with E-state index in [2.05, 4.69) is 31.9 Å². The molecular formula is C12H20N6. The van der Waals surface area contributed by atoms with E-state index < -0.39 is 0 Å². The van der Waals surface area contributed by atoms with Crippen molar-refractivity contribution in [1.29, 1.82) is 0 Å². The van der Waals surface area contributed by atoms with Crippen LogP contribution < -0.4 is 5.32 Å². The molecule has 2 aromatic heterocycles. The minimum Gasteiger partial charge on any atom is -0.356 e. The van der Waals surface area contributed by atoms with E-state index in [1.54, 1.807) is 11.0 Å². The number of anilines is 1. The monoisotopic (exact) mass is 248 g/mol. The highest BCUT2D eigenvalue weighted by molar-refractivity contribution is 5.25. The molecule has 0 atom stereocenters. The van der Waals surface area contributed by atoms with E-state index in [0.717, 1.165) is 37.7 Å². The summed E-state index contributed by atoms with van der Waals surface area (Å²) in [4.78, 5) is 8.53. The lowest BCUT2D eigenvalue weighted by Gasteiger charge is -2.08. The van der Waals surface area contributed by atoms with Gasteiger partial charge in [-0.1, -0.05) is 13.3 Å². The molecule has 0 saturated carbocycles. The van der Waals surface area contributed by atoms with Gasteiger partial charge in [0.15, 0.2) is 5.82 Å². The van der Waals surface area contributed by atoms with E-state index in [-0.39, 0.29) is 0 Å². The second kappa shape index (κ2) is 6.18. The van der Waals surface area contributed by atoms with Gasteiger partial charge >= 0.3 is 0 Å². The molecular weight excluding hydrogens is 228 g/mol. The predicted octanol–water partition coefficient (Wildman–Crippen LogP) is 1.47. The van der Waals surface area contributed by atoms with Gasteiger partial charge in [0, 0.05) is 39.0 Å². The molecule has 0 aliphatic rings. The van der Waals surface area contributed by atoms with Crippen LogP contribution in [-0.2, 0) is 20.0 Å². The second-order valence-corrected chi connectivity index (χ2v) is 4.31. The molecule has 1 N–H and O–H groups in total. The van der Waals surface area contributed by atoms with E-state index in [1.165, 1.54) is 6.42 Å². The van der Waals surface area contributed by atoms with Crippen LogP contribution >= 0.6 is 0 Å². The molecule has 0 aromatic carbocycles. The number of rotatable bonds is 7. The largest absolute Gasteiger partial charge is 0.356 e. The van der Waals surface area contributed by atoms with Crippen LogP contribution in [0.3, 0.4) is 0 Å². The Morgan fingerprint density at radius 1 is 1.33 bits per heavy atom. The number of aryl methyl sites for hydroxylation is 3. The van der Waals surface area contributed by atoms with Gasteiger partial charge in [-0.15, -0.1) is 0 Å². The maximum atomic E-state index is 4.31. The van der Waals surface area contributed by atoms with E-state index in [4.69, 9.17) is 0 Å². The number of hydrogen-bond acceptors (Lipinski definition) is 4. The minimum absolute atomic E-state index is 0.819. The molecule has 0 unspecified atom stereocenters. The van der Waals surface area contributed by atoms with E-state index in [0.29, 0.717) is 0 Å². The van der Waals surface area contributed by atoms with Crippen LogP contribution in [0.5, 0.6) is 0 Å². The second-order valence-electron chi connectivity index (χ2n) is 4.31. The lowest BCUT2D eigenvalue weighted by Crippen LogP contribution is -2.10. The fourth-order valence-corrected chi connectivity index (χ4v) is 1.75. The lowest BCUT2D eigenvalue weighted by molar-refractivity contribution is 0.659. The van der Waals surface area contributed by atoms with E-state index in [1.807, 2.05) is 19.4 Å². The summed E-state index contributed by atoms with van der Waals surface area (Å²) in [6, 6.07) is 0. The van der Waals surface area contributed by atoms with Crippen LogP contribution in [0.15, 0.2) is 18.7 Å². The number of hydrogen-bond donors (Lipinski definition) is 1. The molecule has 2 rings (SSSR count). The summed E-state index contributed by atoms with van der Waals surface area (Å²) >= 11 is 0. The van der Waals surface area contributed by atoms with Gasteiger partial charge in [-0.3, -0.25) is 4.68 Å². The number of aromatic nitrogens is 5. The van der Waals surface area contributed by atoms with E-state index in [9.17, 15) is 0 Å². The third kappa shape index (κ3) is 3.32. The highest BCUT2D eigenvalue weighted by atomic mass is 15.3. The van der Waals surface area contributed by atoms with Crippen LogP contribution in [0.4, 0.5) is 5.95 Å². The number of nitrogens with one attached hydrogen (secondary N) is 1. The number of unbranched alkanes of at least 4 members (excludes halogenated alkanes) is 1. The van der Waals surface area contributed by atoms with Crippen molar-refractivity contribution in [2.75, 3.05) is 11.9 Å². The van der Waals surface area contributed by atoms with Crippen molar-refractivity contribution in [3.63, 3.8) is 0 Å². The summed E-state index contributed by atoms with van der Waals surface area (Å²) in [5.74, 6) is 1.80. The Morgan fingerprint density at radius 2 is 2.22 bits per heavy atom. The Balaban J connectivity index is 1.87. The molecule has 0 spiro atoms. The van der Waals surface area contributed by atoms with Gasteiger partial charge in [-0.2, -0.15) is 5.10 Å². The molecule has 0 amide bonds. The Hall–Kier alpha value is -1.85. The molecule has 0 saturated heterocycles. The molecule has 6 heteroatoms. The van der Waals surface area contributed by atoms with Crippen LogP contribution in [-0.4, -0.2) is 30.9 Å². The van der Waals surface area contributed by atoms with Gasteiger partial charge in [-0.05, 0) is 6.42 Å². The highest BCUT2D eigenvalue weighted by Crippen LogP contribution is 2.06. The van der Waals surface area contributed by atoms with Crippen molar-refractivity contribution < 1.29 is 0 Å². The lowest BCUT2D eigenvalue weighted by atomic mass is 10.3. The highest BCUT2D eigenvalue weighted by Gasteiger charge is 2.04. The van der Waals surface area contributed by atoms with Crippen LogP contribution in [0.25, 0.3) is 0 Å². The van der Waals surface area contributed by atoms with Gasteiger partial charge in [0.25, 0.3) is 0 Å². The van der Waals surface area contributed by atoms with Crippen molar-refractivity contribution >= 4 is 5.95 Å². The average molecular weight is 248 g/mol. The topological polar surface area (TPSA) is 60.6 Å². The SMILES string of the molecule is CCCCNc1nccn1CCc1ncn(C)n1. The third-order valence-corrected chi connectivity index (χ3v) is 2.75. The summed E-state index contributed by atoms with van der Waals surface area (Å²) in [5.41, 5.74) is 0. The summed E-state index contributed by atoms with van der Waals surface area (Å²) in [7, 11) is 1.88. The van der Waals surface area contributed by atoms with Crippen LogP contribution in [0, 0.1) is 0 Å². The smallest absolute Gasteiger partial charge is 0.202 e. The van der Waals surface area contributed by atoms with Crippen molar-refractivity contribution in [2.24, 2.45) is 7.05 Å². The Bertz CT molecular complexity index is 472. The molecule has 0 radical (unpaired) electrons. The first-order chi connectivity index (χ1) is 8.79. The number of imidazole rings is 1. The zero-order valence-electron chi connectivity index (χ0n) is 11.0. The molecule has 0 aliphatic carbocycles. The first kappa shape index (κ1) is 12.6. The fraction of sp³-hybridized carbons (Fsp3) is 0.583. The molecule has 18 heavy (non-hydrogen) atoms. The molecule has 6 nitrogen and oxygen atoms in total. The standard InChI is InChI=1S/C12H20N6/c1-3-4-6-13-12-14-7-9-18(12)8-5-11-15-10-17(2)16-11/h7,9-10H,3-6,8H2,1-2H3,(H,13,14). The summed E-state index contributed by atoms with van der Waals surface area (Å²) in [6.45, 7) is 3.99. The summed E-state index contributed by atoms with van der Waals surface area (Å²) in [5, 5.41) is 7.61. The van der Waals surface area contributed by atoms with Gasteiger partial charge in [0.1, 0.15) is 6.33 Å². The van der Waals surface area contributed by atoms with Gasteiger partial charge < -0.3 is 9.88 Å². The van der Waals surface area contributed by atoms with Gasteiger partial charge in [0.05, 0.1) is 0 Å². The van der Waals surface area contributed by atoms with Crippen LogP contribution in [0.1, 0.15) is 25.6 Å². The number of nitrogens with zero attached hydrogens (tertiary/aromatic N) is 5. The summed E-state index contributed by atoms with van der Waals surface area (Å²) < 4.78 is 3.83. The molecule has 2 heterocycles. The third-order valence-electron chi connectivity index (χ3n) is 2.75. The zero-order chi connectivity index (χ0) is 12.8. The fourth-order valence-electron chi connectivity index (χ4n) is 1.75. The Morgan fingerprint density at radius 3 is 2.94 bits per heavy atom. The van der Waals surface area contributed by atoms with Crippen LogP contribution in [0.2, 0.25) is 0 Å². The van der Waals surface area contributed by atoms with Crippen molar-refractivity contribution in [3.8, 4) is 0 Å². The van der Waals surface area contributed by atoms with Gasteiger partial charge in [0.2, 0.25) is 5.95 Å². The Kier molecular flexibility index (Phi) is 4.33. The average Bonchev–Trinajstić information content (AvgIpc) is 2.96. The van der Waals surface area contributed by atoms with Gasteiger partial charge in [-0.25, -0.2) is 9.97 Å². The molecule has 0 bridgehead atoms. The Labute approximate surface area is 107 Å². The van der Waals surface area contributed by atoms with Crippen molar-refractivity contribution in [2.45, 2.75) is 32.7 Å². The van der Waals surface area contributed by atoms with E-state index >= 15 is 0 Å². The molecule has 0 aliphatic heterocycles. The first-order valence-corrected chi connectivity index (χ1v) is 6.39. The molecule has 0 fully saturated rings.